The molecular weight excluding hydrogens is 867 g/mol. The summed E-state index contributed by atoms with van der Waals surface area (Å²) in [6.07, 6.45) is 2.97. The first-order chi connectivity index (χ1) is 27.6. The van der Waals surface area contributed by atoms with Crippen LogP contribution in [0.4, 0.5) is 5.82 Å². The molecule has 2 aromatic rings. The maximum Gasteiger partial charge on any atom is 0.481 e. The average Bonchev–Trinajstić information content (AvgIpc) is 3.71. The van der Waals surface area contributed by atoms with E-state index >= 15 is 0 Å². The van der Waals surface area contributed by atoms with Gasteiger partial charge in [0.25, 0.3) is 0 Å². The number of aromatic nitrogens is 4. The van der Waals surface area contributed by atoms with Crippen molar-refractivity contribution in [2.24, 2.45) is 5.41 Å². The zero-order valence-electron chi connectivity index (χ0n) is 32.5. The molecule has 2 amide bonds. The molecule has 0 radical (unpaired) electrons. The van der Waals surface area contributed by atoms with Gasteiger partial charge in [-0.3, -0.25) is 32.5 Å². The Hall–Kier alpha value is -2.70. The number of amides is 2. The molecule has 24 nitrogen and oxygen atoms in total. The Bertz CT molecular complexity index is 1900. The lowest BCUT2D eigenvalue weighted by atomic mass is 9.87. The minimum Gasteiger partial charge on any atom is -0.386 e. The van der Waals surface area contributed by atoms with E-state index in [1.54, 1.807) is 0 Å². The number of nitrogens with one attached hydrogen (secondary N) is 2. The highest BCUT2D eigenvalue weighted by Crippen LogP contribution is 2.61. The zero-order chi connectivity index (χ0) is 44.0. The number of fused-ring (bicyclic) bond motifs is 1. The van der Waals surface area contributed by atoms with Gasteiger partial charge in [-0.2, -0.15) is 4.31 Å². The zero-order valence-corrected chi connectivity index (χ0v) is 36.0. The van der Waals surface area contributed by atoms with Gasteiger partial charge in [-0.1, -0.05) is 64.3 Å². The van der Waals surface area contributed by atoms with Crippen LogP contribution in [0.5, 0.6) is 0 Å². The average molecular weight is 920 g/mol. The summed E-state index contributed by atoms with van der Waals surface area (Å²) < 4.78 is 62.2. The van der Waals surface area contributed by atoms with Gasteiger partial charge in [-0.15, -0.1) is 0 Å². The van der Waals surface area contributed by atoms with Crippen LogP contribution in [0.1, 0.15) is 71.9 Å². The van der Waals surface area contributed by atoms with E-state index < -0.39 is 84.6 Å². The van der Waals surface area contributed by atoms with Crippen LogP contribution in [0.15, 0.2) is 24.8 Å². The Kier molecular flexibility index (Phi) is 19.7. The normalized spacial score (nSPS) is 21.3. The molecule has 2 aromatic heterocycles. The number of allylic oxidation sites excluding steroid dienone is 1. The standard InChI is InChI=1S/C31H52N7O17P3S/c1-4-5-6-7-8-9-10-11-22(40)59-15-14-33-21(39)12-13-34-29(43)26(42)31(2,3)17-52-58(49,50)55-57(47,48)51-16-20-25(54-56(44,45)46)24(41)30(53-20)38-19-37-23-27(32)35-18-36-28(23)38/h10-11,18-20,24-26,30,41-42H,4-9,12-17H2,1-3H3,(H,33,39)(H,34,43)(H,47,48)(H,49,50)(H2,32,35,36)(H2,44,45,46). The number of carbonyl (C=O) groups is 3. The number of nitrogen functional groups attached to an aromatic ring is 1. The summed E-state index contributed by atoms with van der Waals surface area (Å²) >= 11 is 1.06. The molecule has 7 unspecified atom stereocenters. The van der Waals surface area contributed by atoms with Gasteiger partial charge >= 0.3 is 23.5 Å². The van der Waals surface area contributed by atoms with Crippen LogP contribution in [-0.4, -0.2) is 123 Å². The van der Waals surface area contributed by atoms with Gasteiger partial charge in [-0.25, -0.2) is 28.6 Å². The van der Waals surface area contributed by atoms with Crippen molar-refractivity contribution in [3.05, 3.63) is 24.8 Å². The van der Waals surface area contributed by atoms with Crippen molar-refractivity contribution < 1.29 is 80.5 Å². The highest BCUT2D eigenvalue weighted by molar-refractivity contribution is 8.14. The topological polar surface area (TPSA) is 364 Å². The smallest absolute Gasteiger partial charge is 0.386 e. The molecule has 0 aliphatic carbocycles. The summed E-state index contributed by atoms with van der Waals surface area (Å²) in [5.41, 5.74) is 4.27. The van der Waals surface area contributed by atoms with E-state index in [9.17, 15) is 57.9 Å². The SMILES string of the molecule is CCCCCCCC=CC(=O)SCCNC(=O)CCNC(=O)C(O)C(C)(C)COP(=O)(O)OP(=O)(O)OCC1OC(n2cnc3c(N)ncnc32)C(O)C1OP(=O)(O)O. The van der Waals surface area contributed by atoms with E-state index in [2.05, 4.69) is 41.3 Å². The fourth-order valence-corrected chi connectivity index (χ4v) is 8.80. The van der Waals surface area contributed by atoms with Crippen LogP contribution in [0.25, 0.3) is 11.2 Å². The Morgan fingerprint density at radius 2 is 1.73 bits per heavy atom. The van der Waals surface area contributed by atoms with Gasteiger partial charge in [0.15, 0.2) is 17.7 Å². The second kappa shape index (κ2) is 22.9. The number of rotatable bonds is 26. The number of aliphatic hydroxyl groups excluding tert-OH is 2. The third-order valence-electron chi connectivity index (χ3n) is 8.47. The number of thioether (sulfide) groups is 1. The molecule has 3 rings (SSSR count). The van der Waals surface area contributed by atoms with Crippen molar-refractivity contribution in [3.8, 4) is 0 Å². The number of aliphatic hydroxyl groups is 2. The molecule has 1 aliphatic rings. The fourth-order valence-electron chi connectivity index (χ4n) is 5.38. The second-order valence-electron chi connectivity index (χ2n) is 13.8. The van der Waals surface area contributed by atoms with Gasteiger partial charge in [-0.05, 0) is 18.9 Å². The molecule has 1 fully saturated rings. The summed E-state index contributed by atoms with van der Waals surface area (Å²) in [4.78, 5) is 87.7. The molecule has 3 heterocycles. The first-order valence-corrected chi connectivity index (χ1v) is 23.8. The van der Waals surface area contributed by atoms with Crippen LogP contribution in [0, 0.1) is 5.41 Å². The number of hydrogen-bond acceptors (Lipinski definition) is 18. The lowest BCUT2D eigenvalue weighted by molar-refractivity contribution is -0.137. The molecular formula is C31H52N7O17P3S. The number of hydrogen-bond donors (Lipinski definition) is 9. The van der Waals surface area contributed by atoms with Gasteiger partial charge in [0, 0.05) is 30.7 Å². The van der Waals surface area contributed by atoms with E-state index in [0.29, 0.717) is 5.75 Å². The highest BCUT2D eigenvalue weighted by Gasteiger charge is 2.50. The predicted octanol–water partition coefficient (Wildman–Crippen LogP) is 1.58. The first-order valence-electron chi connectivity index (χ1n) is 18.3. The van der Waals surface area contributed by atoms with Crippen molar-refractivity contribution in [1.82, 2.24) is 30.2 Å². The van der Waals surface area contributed by atoms with Crippen LogP contribution >= 0.6 is 35.2 Å². The quantitative estimate of drug-likeness (QED) is 0.0367. The van der Waals surface area contributed by atoms with E-state index in [4.69, 9.17) is 19.5 Å². The van der Waals surface area contributed by atoms with Crippen LogP contribution in [0.2, 0.25) is 0 Å². The number of nitrogens with two attached hydrogens (primary N) is 1. The summed E-state index contributed by atoms with van der Waals surface area (Å²) in [5, 5.41) is 26.3. The van der Waals surface area contributed by atoms with Crippen molar-refractivity contribution in [1.29, 1.82) is 0 Å². The van der Waals surface area contributed by atoms with Crippen molar-refractivity contribution in [2.75, 3.05) is 37.8 Å². The summed E-state index contributed by atoms with van der Waals surface area (Å²) in [5.74, 6) is -1.11. The third-order valence-corrected chi connectivity index (χ3v) is 12.4. The van der Waals surface area contributed by atoms with E-state index in [-0.39, 0.29) is 41.6 Å². The summed E-state index contributed by atoms with van der Waals surface area (Å²) in [7, 11) is -16.4. The van der Waals surface area contributed by atoms with E-state index in [1.807, 2.05) is 6.08 Å². The predicted molar refractivity (Wildman–Crippen MR) is 210 cm³/mol. The van der Waals surface area contributed by atoms with Gasteiger partial charge < -0.3 is 50.9 Å². The lowest BCUT2D eigenvalue weighted by Gasteiger charge is -2.30. The van der Waals surface area contributed by atoms with Crippen molar-refractivity contribution >= 4 is 69.1 Å². The summed E-state index contributed by atoms with van der Waals surface area (Å²) in [6.45, 7) is 2.65. The Balaban J connectivity index is 1.43. The molecule has 334 valence electrons. The number of imidazole rings is 1. The highest BCUT2D eigenvalue weighted by atomic mass is 32.2. The molecule has 59 heavy (non-hydrogen) atoms. The number of ether oxygens (including phenoxy) is 1. The maximum atomic E-state index is 12.7. The Morgan fingerprint density at radius 3 is 2.42 bits per heavy atom. The molecule has 0 spiro atoms. The van der Waals surface area contributed by atoms with Crippen molar-refractivity contribution in [3.63, 3.8) is 0 Å². The van der Waals surface area contributed by atoms with Crippen LogP contribution < -0.4 is 16.4 Å². The number of unbranched alkanes of at least 4 members (excludes halogenated alkanes) is 5. The molecule has 0 saturated carbocycles. The van der Waals surface area contributed by atoms with E-state index in [0.717, 1.165) is 54.7 Å². The largest absolute Gasteiger partial charge is 0.481 e. The molecule has 7 atom stereocenters. The molecule has 10 N–H and O–H groups in total. The monoisotopic (exact) mass is 919 g/mol. The lowest BCUT2D eigenvalue weighted by Crippen LogP contribution is -2.46. The van der Waals surface area contributed by atoms with Crippen molar-refractivity contribution in [2.45, 2.75) is 96.4 Å². The van der Waals surface area contributed by atoms with Crippen LogP contribution in [-0.2, 0) is 50.7 Å². The Labute approximate surface area is 343 Å². The van der Waals surface area contributed by atoms with Gasteiger partial charge in [0.1, 0.15) is 36.3 Å². The van der Waals surface area contributed by atoms with E-state index in [1.165, 1.54) is 32.8 Å². The third kappa shape index (κ3) is 16.9. The Morgan fingerprint density at radius 1 is 1.03 bits per heavy atom. The number of anilines is 1. The molecule has 0 aromatic carbocycles. The number of phosphoric acid groups is 3. The second-order valence-corrected chi connectivity index (χ2v) is 19.2. The number of nitrogens with zero attached hydrogens (tertiary/aromatic N) is 4. The number of carbonyl (C=O) groups excluding carboxylic acids is 3. The summed E-state index contributed by atoms with van der Waals surface area (Å²) in [6, 6.07) is 0. The maximum absolute atomic E-state index is 12.7. The number of phosphoric ester groups is 3. The molecule has 0 bridgehead atoms. The molecule has 1 aliphatic heterocycles. The molecule has 28 heteroatoms. The fraction of sp³-hybridized carbons (Fsp3) is 0.677. The van der Waals surface area contributed by atoms with Gasteiger partial charge in [0.05, 0.1) is 19.5 Å². The minimum atomic E-state index is -5.57. The molecule has 1 saturated heterocycles. The van der Waals surface area contributed by atoms with Gasteiger partial charge in [0.2, 0.25) is 16.9 Å². The first kappa shape index (κ1) is 50.7. The minimum absolute atomic E-state index is 0.0313. The van der Waals surface area contributed by atoms with Crippen LogP contribution in [0.3, 0.4) is 0 Å².